The van der Waals surface area contributed by atoms with Crippen molar-refractivity contribution in [1.82, 2.24) is 15.2 Å². The number of likely N-dealkylation sites (tertiary alicyclic amines) is 1. The molecular formula is C26H26N4O3. The van der Waals surface area contributed by atoms with Crippen LogP contribution in [0.2, 0.25) is 0 Å². The van der Waals surface area contributed by atoms with Crippen LogP contribution < -0.4 is 10.6 Å². The van der Waals surface area contributed by atoms with Crippen molar-refractivity contribution in [3.8, 4) is 0 Å². The Hall–Kier alpha value is -3.45. The highest BCUT2D eigenvalue weighted by atomic mass is 16.2. The summed E-state index contributed by atoms with van der Waals surface area (Å²) >= 11 is 0. The number of rotatable bonds is 5. The molecule has 3 amide bonds. The molecule has 2 fully saturated rings. The number of para-hydroxylation sites is 2. The second-order valence-corrected chi connectivity index (χ2v) is 9.31. The first-order chi connectivity index (χ1) is 16.1. The van der Waals surface area contributed by atoms with Gasteiger partial charge in [-0.1, -0.05) is 49.7 Å². The molecule has 2 saturated heterocycles. The fourth-order valence-electron chi connectivity index (χ4n) is 6.07. The molecule has 0 unspecified atom stereocenters. The van der Waals surface area contributed by atoms with Gasteiger partial charge >= 0.3 is 0 Å². The number of H-pyrrole nitrogens is 1. The normalized spacial score (nSPS) is 28.1. The van der Waals surface area contributed by atoms with E-state index in [-0.39, 0.29) is 23.8 Å². The van der Waals surface area contributed by atoms with E-state index >= 15 is 0 Å². The van der Waals surface area contributed by atoms with Crippen molar-refractivity contribution >= 4 is 34.3 Å². The van der Waals surface area contributed by atoms with Crippen LogP contribution >= 0.6 is 0 Å². The number of imide groups is 1. The standard InChI is InChI=1S/C26H26N4O3/c1-2-3-12-30-23(31)21-20(13-15-14-27-18-10-6-4-8-16(15)18)29-26(22(21)24(30)32)17-9-5-7-11-19(17)28-25(26)33/h4-11,14,20-22,27,29H,2-3,12-13H2,1H3,(H,28,33)/t20-,21+,22+,26-/m0/s1. The van der Waals surface area contributed by atoms with E-state index in [9.17, 15) is 14.4 Å². The largest absolute Gasteiger partial charge is 0.361 e. The quantitative estimate of drug-likeness (QED) is 0.530. The Morgan fingerprint density at radius 1 is 1.00 bits per heavy atom. The summed E-state index contributed by atoms with van der Waals surface area (Å²) in [5.74, 6) is -1.98. The molecule has 7 nitrogen and oxygen atoms in total. The molecule has 0 saturated carbocycles. The molecular weight excluding hydrogens is 416 g/mol. The number of amides is 3. The molecule has 2 aromatic carbocycles. The first kappa shape index (κ1) is 20.2. The van der Waals surface area contributed by atoms with E-state index in [1.165, 1.54) is 4.90 Å². The molecule has 0 radical (unpaired) electrons. The van der Waals surface area contributed by atoms with Crippen molar-refractivity contribution in [2.75, 3.05) is 11.9 Å². The van der Waals surface area contributed by atoms with E-state index in [1.807, 2.05) is 55.6 Å². The van der Waals surface area contributed by atoms with E-state index in [1.54, 1.807) is 0 Å². The maximum absolute atomic E-state index is 13.7. The number of hydrogen-bond acceptors (Lipinski definition) is 4. The summed E-state index contributed by atoms with van der Waals surface area (Å²) in [6.07, 6.45) is 4.15. The highest BCUT2D eigenvalue weighted by Crippen LogP contribution is 2.53. The highest BCUT2D eigenvalue weighted by Gasteiger charge is 2.70. The molecule has 1 spiro atoms. The Balaban J connectivity index is 1.46. The van der Waals surface area contributed by atoms with E-state index in [0.29, 0.717) is 18.7 Å². The Kier molecular flexibility index (Phi) is 4.45. The number of unbranched alkanes of at least 4 members (excludes halogenated alkanes) is 1. The summed E-state index contributed by atoms with van der Waals surface area (Å²) in [5, 5.41) is 7.57. The van der Waals surface area contributed by atoms with Crippen LogP contribution in [0.3, 0.4) is 0 Å². The van der Waals surface area contributed by atoms with Gasteiger partial charge in [-0.05, 0) is 30.5 Å². The molecule has 3 N–H and O–H groups in total. The third kappa shape index (κ3) is 2.69. The van der Waals surface area contributed by atoms with Crippen molar-refractivity contribution in [2.45, 2.75) is 37.8 Å². The van der Waals surface area contributed by atoms with Gasteiger partial charge in [-0.15, -0.1) is 0 Å². The molecule has 0 aliphatic carbocycles. The number of aromatic amines is 1. The fraction of sp³-hybridized carbons (Fsp3) is 0.346. The van der Waals surface area contributed by atoms with E-state index < -0.39 is 17.4 Å². The molecule has 3 aliphatic heterocycles. The number of carbonyl (C=O) groups is 3. The lowest BCUT2D eigenvalue weighted by molar-refractivity contribution is -0.142. The van der Waals surface area contributed by atoms with Crippen LogP contribution in [0.5, 0.6) is 0 Å². The van der Waals surface area contributed by atoms with Gasteiger partial charge in [0.15, 0.2) is 0 Å². The maximum atomic E-state index is 13.7. The summed E-state index contributed by atoms with van der Waals surface area (Å²) in [5.41, 5.74) is 2.32. The Morgan fingerprint density at radius 2 is 1.79 bits per heavy atom. The van der Waals surface area contributed by atoms with Crippen LogP contribution in [-0.4, -0.2) is 40.2 Å². The predicted molar refractivity (Wildman–Crippen MR) is 124 cm³/mol. The van der Waals surface area contributed by atoms with Gasteiger partial charge in [0, 0.05) is 40.9 Å². The zero-order valence-electron chi connectivity index (χ0n) is 18.4. The van der Waals surface area contributed by atoms with Crippen LogP contribution in [0.4, 0.5) is 5.69 Å². The van der Waals surface area contributed by atoms with Gasteiger partial charge in [0.1, 0.15) is 5.54 Å². The number of fused-ring (bicyclic) bond motifs is 5. The molecule has 168 valence electrons. The fourth-order valence-corrected chi connectivity index (χ4v) is 6.07. The number of aromatic nitrogens is 1. The maximum Gasteiger partial charge on any atom is 0.250 e. The van der Waals surface area contributed by atoms with Crippen molar-refractivity contribution in [3.05, 3.63) is 65.9 Å². The number of nitrogens with zero attached hydrogens (tertiary/aromatic N) is 1. The first-order valence-corrected chi connectivity index (χ1v) is 11.6. The Labute approximate surface area is 191 Å². The van der Waals surface area contributed by atoms with Crippen LogP contribution in [0.25, 0.3) is 10.9 Å². The Morgan fingerprint density at radius 3 is 2.64 bits per heavy atom. The molecule has 3 aliphatic rings. The summed E-state index contributed by atoms with van der Waals surface area (Å²) in [6.45, 7) is 2.44. The number of nitrogens with one attached hydrogen (secondary N) is 3. The minimum atomic E-state index is -1.23. The van der Waals surface area contributed by atoms with Crippen LogP contribution in [-0.2, 0) is 26.3 Å². The van der Waals surface area contributed by atoms with Crippen LogP contribution in [0.15, 0.2) is 54.7 Å². The summed E-state index contributed by atoms with van der Waals surface area (Å²) < 4.78 is 0. The summed E-state index contributed by atoms with van der Waals surface area (Å²) in [4.78, 5) is 45.4. The van der Waals surface area contributed by atoms with Gasteiger partial charge in [0.25, 0.3) is 0 Å². The van der Waals surface area contributed by atoms with Crippen LogP contribution in [0.1, 0.15) is 30.9 Å². The smallest absolute Gasteiger partial charge is 0.250 e. The average Bonchev–Trinajstić information content (AvgIpc) is 3.53. The van der Waals surface area contributed by atoms with Crippen molar-refractivity contribution in [1.29, 1.82) is 0 Å². The lowest BCUT2D eigenvalue weighted by atomic mass is 9.76. The van der Waals surface area contributed by atoms with Gasteiger partial charge in [0.2, 0.25) is 17.7 Å². The first-order valence-electron chi connectivity index (χ1n) is 11.6. The van der Waals surface area contributed by atoms with E-state index in [4.69, 9.17) is 0 Å². The number of benzene rings is 2. The molecule has 7 heteroatoms. The SMILES string of the molecule is CCCCN1C(=O)[C@@H]2[C@H](Cc3c[nH]c4ccccc34)N[C@]3(C(=O)Nc4ccccc43)[C@H]2C1=O. The topological polar surface area (TPSA) is 94.3 Å². The number of anilines is 1. The third-order valence-corrected chi connectivity index (χ3v) is 7.56. The predicted octanol–water partition coefficient (Wildman–Crippen LogP) is 2.93. The van der Waals surface area contributed by atoms with E-state index in [2.05, 4.69) is 21.7 Å². The molecule has 33 heavy (non-hydrogen) atoms. The minimum Gasteiger partial charge on any atom is -0.361 e. The van der Waals surface area contributed by atoms with Gasteiger partial charge in [0.05, 0.1) is 11.8 Å². The van der Waals surface area contributed by atoms with Gasteiger partial charge < -0.3 is 10.3 Å². The second kappa shape index (κ2) is 7.28. The van der Waals surface area contributed by atoms with Crippen LogP contribution in [0, 0.1) is 11.8 Å². The van der Waals surface area contributed by atoms with Crippen molar-refractivity contribution in [2.24, 2.45) is 11.8 Å². The number of carbonyl (C=O) groups excluding carboxylic acids is 3. The van der Waals surface area contributed by atoms with Crippen molar-refractivity contribution < 1.29 is 14.4 Å². The average molecular weight is 443 g/mol. The molecule has 1 aromatic heterocycles. The third-order valence-electron chi connectivity index (χ3n) is 7.56. The lowest BCUT2D eigenvalue weighted by Gasteiger charge is -2.29. The molecule has 4 heterocycles. The van der Waals surface area contributed by atoms with Gasteiger partial charge in [-0.3, -0.25) is 24.6 Å². The van der Waals surface area contributed by atoms with Gasteiger partial charge in [-0.2, -0.15) is 0 Å². The zero-order chi connectivity index (χ0) is 22.7. The molecule has 6 rings (SSSR count). The minimum absolute atomic E-state index is 0.162. The Bertz CT molecular complexity index is 1300. The zero-order valence-corrected chi connectivity index (χ0v) is 18.4. The molecule has 4 atom stereocenters. The summed E-state index contributed by atoms with van der Waals surface area (Å²) in [6, 6.07) is 15.2. The highest BCUT2D eigenvalue weighted by molar-refractivity contribution is 6.15. The summed E-state index contributed by atoms with van der Waals surface area (Å²) in [7, 11) is 0. The van der Waals surface area contributed by atoms with Gasteiger partial charge in [-0.25, -0.2) is 0 Å². The monoisotopic (exact) mass is 442 g/mol. The number of hydrogen-bond donors (Lipinski definition) is 3. The lowest BCUT2D eigenvalue weighted by Crippen LogP contribution is -2.53. The molecule has 0 bridgehead atoms. The van der Waals surface area contributed by atoms with Crippen molar-refractivity contribution in [3.63, 3.8) is 0 Å². The van der Waals surface area contributed by atoms with E-state index in [0.717, 1.165) is 34.9 Å². The second-order valence-electron chi connectivity index (χ2n) is 9.31. The molecule has 3 aromatic rings.